The average Bonchev–Trinajstić information content (AvgIpc) is 2.80. The molecule has 1 aromatic rings. The zero-order valence-electron chi connectivity index (χ0n) is 15.8. The molecule has 0 aliphatic heterocycles. The number of nitrogens with one attached hydrogen (secondary N) is 1. The Bertz CT molecular complexity index is 689. The number of carboxylic acids is 1. The first-order valence-electron chi connectivity index (χ1n) is 9.11. The molecule has 0 spiro atoms. The molecule has 0 radical (unpaired) electrons. The van der Waals surface area contributed by atoms with Crippen molar-refractivity contribution in [3.63, 3.8) is 0 Å². The van der Waals surface area contributed by atoms with E-state index in [1.54, 1.807) is 32.3 Å². The van der Waals surface area contributed by atoms with Gasteiger partial charge in [0.25, 0.3) is 5.91 Å². The zero-order chi connectivity index (χ0) is 19.3. The number of benzene rings is 1. The maximum atomic E-state index is 12.5. The third kappa shape index (κ3) is 4.62. The molecular formula is C20H28N2O4. The average molecular weight is 360 g/mol. The number of carbonyl (C=O) groups excluding carboxylic acids is 2. The topological polar surface area (TPSA) is 86.7 Å². The number of amides is 2. The molecule has 0 atom stereocenters. The molecule has 0 unspecified atom stereocenters. The first-order chi connectivity index (χ1) is 12.2. The monoisotopic (exact) mass is 360 g/mol. The lowest BCUT2D eigenvalue weighted by atomic mass is 9.77. The van der Waals surface area contributed by atoms with Crippen molar-refractivity contribution < 1.29 is 19.5 Å². The van der Waals surface area contributed by atoms with E-state index in [1.165, 1.54) is 4.90 Å². The quantitative estimate of drug-likeness (QED) is 0.788. The maximum Gasteiger partial charge on any atom is 0.310 e. The summed E-state index contributed by atoms with van der Waals surface area (Å²) in [5, 5.41) is 12.5. The van der Waals surface area contributed by atoms with E-state index in [9.17, 15) is 19.5 Å². The smallest absolute Gasteiger partial charge is 0.310 e. The second-order valence-corrected chi connectivity index (χ2v) is 7.45. The van der Waals surface area contributed by atoms with Gasteiger partial charge in [0.1, 0.15) is 0 Å². The standard InChI is InChI=1S/C20H28N2O4/c1-14-12-15(8-9-16(14)18(24)22(2)3)21-17(23)13-20(19(25)26)10-6-4-5-7-11-20/h8-9,12H,4-7,10-11,13H2,1-3H3,(H,21,23)(H,25,26). The lowest BCUT2D eigenvalue weighted by Crippen LogP contribution is -2.35. The van der Waals surface area contributed by atoms with Crippen molar-refractivity contribution in [3.05, 3.63) is 29.3 Å². The first kappa shape index (κ1) is 19.9. The molecule has 2 amide bonds. The molecule has 0 bridgehead atoms. The highest BCUT2D eigenvalue weighted by Gasteiger charge is 2.40. The second kappa shape index (κ2) is 8.34. The van der Waals surface area contributed by atoms with Crippen LogP contribution in [-0.2, 0) is 9.59 Å². The van der Waals surface area contributed by atoms with Gasteiger partial charge in [-0.3, -0.25) is 14.4 Å². The number of hydrogen-bond acceptors (Lipinski definition) is 3. The predicted molar refractivity (Wildman–Crippen MR) is 100 cm³/mol. The number of hydrogen-bond donors (Lipinski definition) is 2. The van der Waals surface area contributed by atoms with Gasteiger partial charge < -0.3 is 15.3 Å². The SMILES string of the molecule is Cc1cc(NC(=O)CC2(C(=O)O)CCCCCC2)ccc1C(=O)N(C)C. The van der Waals surface area contributed by atoms with E-state index in [2.05, 4.69) is 5.32 Å². The molecule has 0 saturated heterocycles. The van der Waals surface area contributed by atoms with Crippen LogP contribution in [-0.4, -0.2) is 41.9 Å². The summed E-state index contributed by atoms with van der Waals surface area (Å²) in [4.78, 5) is 37.9. The van der Waals surface area contributed by atoms with Crippen molar-refractivity contribution in [2.45, 2.75) is 51.9 Å². The Morgan fingerprint density at radius 3 is 2.23 bits per heavy atom. The fourth-order valence-corrected chi connectivity index (χ4v) is 3.61. The molecule has 0 heterocycles. The summed E-state index contributed by atoms with van der Waals surface area (Å²) in [6.07, 6.45) is 4.82. The summed E-state index contributed by atoms with van der Waals surface area (Å²) >= 11 is 0. The van der Waals surface area contributed by atoms with Crippen LogP contribution in [0.2, 0.25) is 0 Å². The van der Waals surface area contributed by atoms with E-state index < -0.39 is 11.4 Å². The van der Waals surface area contributed by atoms with Crippen LogP contribution in [0.25, 0.3) is 0 Å². The fourth-order valence-electron chi connectivity index (χ4n) is 3.61. The van der Waals surface area contributed by atoms with E-state index in [0.29, 0.717) is 24.1 Å². The molecule has 142 valence electrons. The Hall–Kier alpha value is -2.37. The minimum Gasteiger partial charge on any atom is -0.481 e. The molecule has 1 aromatic carbocycles. The highest BCUT2D eigenvalue weighted by Crippen LogP contribution is 2.38. The summed E-state index contributed by atoms with van der Waals surface area (Å²) in [6, 6.07) is 5.11. The van der Waals surface area contributed by atoms with Crippen LogP contribution in [0.3, 0.4) is 0 Å². The zero-order valence-corrected chi connectivity index (χ0v) is 15.8. The van der Waals surface area contributed by atoms with Gasteiger partial charge in [-0.05, 0) is 43.5 Å². The maximum absolute atomic E-state index is 12.5. The molecule has 1 aliphatic rings. The van der Waals surface area contributed by atoms with E-state index in [0.717, 1.165) is 31.2 Å². The highest BCUT2D eigenvalue weighted by atomic mass is 16.4. The van der Waals surface area contributed by atoms with Crippen LogP contribution in [0.15, 0.2) is 18.2 Å². The van der Waals surface area contributed by atoms with Crippen molar-refractivity contribution in [3.8, 4) is 0 Å². The Morgan fingerprint density at radius 1 is 1.12 bits per heavy atom. The minimum absolute atomic E-state index is 0.0141. The van der Waals surface area contributed by atoms with Gasteiger partial charge in [0.15, 0.2) is 0 Å². The van der Waals surface area contributed by atoms with Gasteiger partial charge in [-0.2, -0.15) is 0 Å². The van der Waals surface area contributed by atoms with Crippen molar-refractivity contribution in [2.24, 2.45) is 5.41 Å². The van der Waals surface area contributed by atoms with Gasteiger partial charge >= 0.3 is 5.97 Å². The van der Waals surface area contributed by atoms with Gasteiger partial charge in [0.2, 0.25) is 5.91 Å². The normalized spacial score (nSPS) is 16.4. The van der Waals surface area contributed by atoms with E-state index in [1.807, 2.05) is 6.92 Å². The molecule has 1 fully saturated rings. The summed E-state index contributed by atoms with van der Waals surface area (Å²) in [5.41, 5.74) is 0.968. The number of anilines is 1. The van der Waals surface area contributed by atoms with Gasteiger partial charge in [-0.15, -0.1) is 0 Å². The predicted octanol–water partition coefficient (Wildman–Crippen LogP) is 3.45. The van der Waals surface area contributed by atoms with E-state index >= 15 is 0 Å². The summed E-state index contributed by atoms with van der Waals surface area (Å²) in [5.74, 6) is -1.26. The van der Waals surface area contributed by atoms with Crippen molar-refractivity contribution >= 4 is 23.5 Å². The van der Waals surface area contributed by atoms with Gasteiger partial charge in [-0.25, -0.2) is 0 Å². The molecule has 2 N–H and O–H groups in total. The highest BCUT2D eigenvalue weighted by molar-refractivity contribution is 5.97. The first-order valence-corrected chi connectivity index (χ1v) is 9.11. The molecule has 2 rings (SSSR count). The molecular weight excluding hydrogens is 332 g/mol. The van der Waals surface area contributed by atoms with Crippen LogP contribution >= 0.6 is 0 Å². The Kier molecular flexibility index (Phi) is 6.40. The second-order valence-electron chi connectivity index (χ2n) is 7.45. The third-order valence-corrected chi connectivity index (χ3v) is 5.16. The minimum atomic E-state index is -0.962. The number of carboxylic acid groups (broad SMARTS) is 1. The van der Waals surface area contributed by atoms with Gasteiger partial charge in [0, 0.05) is 31.8 Å². The van der Waals surface area contributed by atoms with Crippen molar-refractivity contribution in [1.29, 1.82) is 0 Å². The largest absolute Gasteiger partial charge is 0.481 e. The third-order valence-electron chi connectivity index (χ3n) is 5.16. The summed E-state index contributed by atoms with van der Waals surface area (Å²) in [6.45, 7) is 1.82. The van der Waals surface area contributed by atoms with E-state index in [4.69, 9.17) is 0 Å². The molecule has 6 nitrogen and oxygen atoms in total. The Balaban J connectivity index is 2.10. The fraction of sp³-hybridized carbons (Fsp3) is 0.550. The van der Waals surface area contributed by atoms with Crippen molar-refractivity contribution in [1.82, 2.24) is 4.90 Å². The number of nitrogens with zero attached hydrogens (tertiary/aromatic N) is 1. The molecule has 1 saturated carbocycles. The summed E-state index contributed by atoms with van der Waals surface area (Å²) in [7, 11) is 3.38. The lowest BCUT2D eigenvalue weighted by molar-refractivity contribution is -0.152. The Labute approximate surface area is 154 Å². The number of rotatable bonds is 5. The van der Waals surface area contributed by atoms with Crippen LogP contribution in [0, 0.1) is 12.3 Å². The van der Waals surface area contributed by atoms with Gasteiger partial charge in [-0.1, -0.05) is 25.7 Å². The molecule has 1 aliphatic carbocycles. The van der Waals surface area contributed by atoms with Crippen LogP contribution < -0.4 is 5.32 Å². The molecule has 26 heavy (non-hydrogen) atoms. The van der Waals surface area contributed by atoms with E-state index in [-0.39, 0.29) is 18.2 Å². The van der Waals surface area contributed by atoms with Crippen LogP contribution in [0.1, 0.15) is 60.9 Å². The lowest BCUT2D eigenvalue weighted by Gasteiger charge is -2.27. The van der Waals surface area contributed by atoms with Crippen LogP contribution in [0.4, 0.5) is 5.69 Å². The van der Waals surface area contributed by atoms with Gasteiger partial charge in [0.05, 0.1) is 5.41 Å². The number of aryl methyl sites for hydroxylation is 1. The Morgan fingerprint density at radius 2 is 1.73 bits per heavy atom. The van der Waals surface area contributed by atoms with Crippen molar-refractivity contribution in [2.75, 3.05) is 19.4 Å². The van der Waals surface area contributed by atoms with Crippen LogP contribution in [0.5, 0.6) is 0 Å². The number of carbonyl (C=O) groups is 3. The number of aliphatic carboxylic acids is 1. The molecule has 0 aromatic heterocycles. The molecule has 6 heteroatoms. The summed E-state index contributed by atoms with van der Waals surface area (Å²) < 4.78 is 0.